The van der Waals surface area contributed by atoms with Gasteiger partial charge in [-0.2, -0.15) is 0 Å². The van der Waals surface area contributed by atoms with Crippen LogP contribution in [0, 0.1) is 0 Å². The van der Waals surface area contributed by atoms with Crippen molar-refractivity contribution in [3.05, 3.63) is 21.9 Å². The quantitative estimate of drug-likeness (QED) is 0.799. The molecule has 1 heterocycles. The van der Waals surface area contributed by atoms with Crippen molar-refractivity contribution in [1.29, 1.82) is 0 Å². The Labute approximate surface area is 85.9 Å². The van der Waals surface area contributed by atoms with E-state index in [1.54, 1.807) is 0 Å². The first-order chi connectivity index (χ1) is 6.43. The smallest absolute Gasteiger partial charge is 0.281 e. The summed E-state index contributed by atoms with van der Waals surface area (Å²) in [7, 11) is 0. The molecule has 0 saturated heterocycles. The highest BCUT2D eigenvalue weighted by Gasteiger charge is 2.20. The van der Waals surface area contributed by atoms with Gasteiger partial charge in [-0.1, -0.05) is 0 Å². The maximum atomic E-state index is 12.3. The van der Waals surface area contributed by atoms with Crippen LogP contribution in [0.4, 0.5) is 8.78 Å². The largest absolute Gasteiger partial charge is 0.505 e. The highest BCUT2D eigenvalue weighted by Crippen LogP contribution is 2.28. The van der Waals surface area contributed by atoms with E-state index in [-0.39, 0.29) is 4.60 Å². The number of hydrogen-bond donors (Lipinski definition) is 2. The van der Waals surface area contributed by atoms with Crippen LogP contribution in [-0.2, 0) is 0 Å². The average molecular weight is 267 g/mol. The zero-order chi connectivity index (χ0) is 10.9. The number of rotatable bonds is 2. The summed E-state index contributed by atoms with van der Waals surface area (Å²) >= 11 is 2.75. The van der Waals surface area contributed by atoms with Gasteiger partial charge in [0.05, 0.1) is 5.56 Å². The normalized spacial score (nSPS) is 10.6. The number of primary amides is 1. The van der Waals surface area contributed by atoms with Crippen LogP contribution in [0.5, 0.6) is 5.75 Å². The zero-order valence-corrected chi connectivity index (χ0v) is 8.25. The summed E-state index contributed by atoms with van der Waals surface area (Å²) in [5.74, 6) is -1.47. The van der Waals surface area contributed by atoms with Crippen LogP contribution in [0.2, 0.25) is 0 Å². The highest BCUT2D eigenvalue weighted by molar-refractivity contribution is 9.10. The predicted molar refractivity (Wildman–Crippen MR) is 47.1 cm³/mol. The van der Waals surface area contributed by atoms with E-state index in [9.17, 15) is 13.6 Å². The van der Waals surface area contributed by atoms with E-state index in [2.05, 4.69) is 20.9 Å². The number of carbonyl (C=O) groups is 1. The molecule has 0 aliphatic heterocycles. The Balaban J connectivity index is 3.39. The fourth-order valence-corrected chi connectivity index (χ4v) is 1.16. The van der Waals surface area contributed by atoms with Crippen molar-refractivity contribution in [2.45, 2.75) is 6.43 Å². The summed E-state index contributed by atoms with van der Waals surface area (Å²) in [6, 6.07) is 0.848. The number of alkyl halides is 2. The number of nitrogens with zero attached hydrogens (tertiary/aromatic N) is 1. The molecule has 0 aromatic carbocycles. The molecule has 4 nitrogen and oxygen atoms in total. The van der Waals surface area contributed by atoms with E-state index in [4.69, 9.17) is 10.8 Å². The van der Waals surface area contributed by atoms with Crippen molar-refractivity contribution in [1.82, 2.24) is 4.98 Å². The summed E-state index contributed by atoms with van der Waals surface area (Å²) in [6.07, 6.45) is -2.92. The molecule has 0 spiro atoms. The van der Waals surface area contributed by atoms with Gasteiger partial charge in [0, 0.05) is 0 Å². The van der Waals surface area contributed by atoms with Gasteiger partial charge in [-0.3, -0.25) is 4.79 Å². The summed E-state index contributed by atoms with van der Waals surface area (Å²) in [6.45, 7) is 0. The second kappa shape index (κ2) is 3.87. The Morgan fingerprint density at radius 1 is 1.64 bits per heavy atom. The van der Waals surface area contributed by atoms with Crippen molar-refractivity contribution < 1.29 is 18.7 Å². The Morgan fingerprint density at radius 3 is 2.64 bits per heavy atom. The molecule has 76 valence electrons. The second-order valence-corrected chi connectivity index (χ2v) is 3.15. The Kier molecular flexibility index (Phi) is 3.00. The van der Waals surface area contributed by atoms with E-state index in [1.165, 1.54) is 0 Å². The lowest BCUT2D eigenvalue weighted by atomic mass is 10.2. The van der Waals surface area contributed by atoms with Crippen LogP contribution in [-0.4, -0.2) is 16.0 Å². The predicted octanol–water partition coefficient (Wildman–Crippen LogP) is 1.59. The van der Waals surface area contributed by atoms with Crippen LogP contribution in [0.15, 0.2) is 10.7 Å². The minimum absolute atomic E-state index is 0.155. The van der Waals surface area contributed by atoms with E-state index in [0.717, 1.165) is 6.07 Å². The fraction of sp³-hybridized carbons (Fsp3) is 0.143. The Bertz CT molecular complexity index is 384. The number of hydrogen-bond acceptors (Lipinski definition) is 3. The van der Waals surface area contributed by atoms with E-state index < -0.39 is 29.3 Å². The lowest BCUT2D eigenvalue weighted by molar-refractivity contribution is 0.0982. The van der Waals surface area contributed by atoms with Gasteiger partial charge in [-0.05, 0) is 22.0 Å². The van der Waals surface area contributed by atoms with Crippen molar-refractivity contribution in [2.75, 3.05) is 0 Å². The SMILES string of the molecule is NC(=O)c1cc(O)c(Br)nc1C(F)F. The topological polar surface area (TPSA) is 76.2 Å². The third kappa shape index (κ3) is 1.98. The molecule has 0 radical (unpaired) electrons. The molecule has 0 saturated carbocycles. The van der Waals surface area contributed by atoms with Gasteiger partial charge in [-0.15, -0.1) is 0 Å². The molecule has 0 atom stereocenters. The van der Waals surface area contributed by atoms with Gasteiger partial charge in [0.25, 0.3) is 12.3 Å². The summed E-state index contributed by atoms with van der Waals surface area (Å²) < 4.78 is 24.5. The molecule has 0 fully saturated rings. The molecular formula is C7H5BrF2N2O2. The van der Waals surface area contributed by atoms with Crippen molar-refractivity contribution >= 4 is 21.8 Å². The number of amides is 1. The first kappa shape index (κ1) is 10.8. The lowest BCUT2D eigenvalue weighted by Gasteiger charge is -2.06. The van der Waals surface area contributed by atoms with Gasteiger partial charge in [0.15, 0.2) is 0 Å². The molecular weight excluding hydrogens is 262 g/mol. The summed E-state index contributed by atoms with van der Waals surface area (Å²) in [5.41, 5.74) is 3.60. The van der Waals surface area contributed by atoms with Crippen molar-refractivity contribution in [3.63, 3.8) is 0 Å². The molecule has 1 aromatic heterocycles. The zero-order valence-electron chi connectivity index (χ0n) is 6.67. The number of halogens is 3. The van der Waals surface area contributed by atoms with Crippen LogP contribution >= 0.6 is 15.9 Å². The summed E-state index contributed by atoms with van der Waals surface area (Å²) in [4.78, 5) is 14.0. The Hall–Kier alpha value is -1.24. The molecule has 1 aromatic rings. The standard InChI is InChI=1S/C7H5BrF2N2O2/c8-5-3(13)1-2(7(11)14)4(12-5)6(9)10/h1,6,13H,(H2,11,14). The van der Waals surface area contributed by atoms with E-state index in [0.29, 0.717) is 0 Å². The summed E-state index contributed by atoms with van der Waals surface area (Å²) in [5, 5.41) is 9.09. The number of aromatic nitrogens is 1. The minimum atomic E-state index is -2.92. The van der Waals surface area contributed by atoms with Crippen LogP contribution in [0.1, 0.15) is 22.5 Å². The number of aromatic hydroxyl groups is 1. The first-order valence-corrected chi connectivity index (χ1v) is 4.20. The Morgan fingerprint density at radius 2 is 2.21 bits per heavy atom. The van der Waals surface area contributed by atoms with Crippen LogP contribution in [0.25, 0.3) is 0 Å². The van der Waals surface area contributed by atoms with Crippen molar-refractivity contribution in [2.24, 2.45) is 5.73 Å². The van der Waals surface area contributed by atoms with Crippen LogP contribution in [0.3, 0.4) is 0 Å². The van der Waals surface area contributed by atoms with E-state index >= 15 is 0 Å². The number of pyridine rings is 1. The fourth-order valence-electron chi connectivity index (χ4n) is 0.857. The highest BCUT2D eigenvalue weighted by atomic mass is 79.9. The molecule has 0 aliphatic carbocycles. The molecule has 3 N–H and O–H groups in total. The van der Waals surface area contributed by atoms with Gasteiger partial charge in [0.1, 0.15) is 16.0 Å². The molecule has 1 rings (SSSR count). The molecule has 7 heteroatoms. The molecule has 0 unspecified atom stereocenters. The molecule has 0 bridgehead atoms. The minimum Gasteiger partial charge on any atom is -0.505 e. The van der Waals surface area contributed by atoms with Crippen molar-refractivity contribution in [3.8, 4) is 5.75 Å². The van der Waals surface area contributed by atoms with Gasteiger partial charge < -0.3 is 10.8 Å². The third-order valence-corrected chi connectivity index (χ3v) is 2.04. The number of carbonyl (C=O) groups excluding carboxylic acids is 1. The van der Waals surface area contributed by atoms with E-state index in [1.807, 2.05) is 0 Å². The second-order valence-electron chi connectivity index (χ2n) is 2.40. The molecule has 0 aliphatic rings. The molecule has 1 amide bonds. The number of nitrogens with two attached hydrogens (primary N) is 1. The maximum absolute atomic E-state index is 12.3. The average Bonchev–Trinajstić information content (AvgIpc) is 2.08. The monoisotopic (exact) mass is 266 g/mol. The first-order valence-electron chi connectivity index (χ1n) is 3.41. The molecule has 14 heavy (non-hydrogen) atoms. The maximum Gasteiger partial charge on any atom is 0.281 e. The lowest BCUT2D eigenvalue weighted by Crippen LogP contribution is -2.15. The van der Waals surface area contributed by atoms with Gasteiger partial charge >= 0.3 is 0 Å². The van der Waals surface area contributed by atoms with Crippen LogP contribution < -0.4 is 5.73 Å². The van der Waals surface area contributed by atoms with Gasteiger partial charge in [-0.25, -0.2) is 13.8 Å². The van der Waals surface area contributed by atoms with Gasteiger partial charge in [0.2, 0.25) is 0 Å². The third-order valence-electron chi connectivity index (χ3n) is 1.46.